The third-order valence-electron chi connectivity index (χ3n) is 2.37. The molecule has 13 heavy (non-hydrogen) atoms. The van der Waals surface area contributed by atoms with Crippen molar-refractivity contribution in [2.75, 3.05) is 0 Å². The van der Waals surface area contributed by atoms with Gasteiger partial charge in [-0.25, -0.2) is 0 Å². The Morgan fingerprint density at radius 1 is 1.23 bits per heavy atom. The van der Waals surface area contributed by atoms with Gasteiger partial charge >= 0.3 is 0 Å². The maximum Gasteiger partial charge on any atom is 0.209 e. The van der Waals surface area contributed by atoms with Gasteiger partial charge in [-0.15, -0.1) is 0 Å². The van der Waals surface area contributed by atoms with E-state index < -0.39 is 0 Å². The molecule has 0 saturated heterocycles. The van der Waals surface area contributed by atoms with Crippen LogP contribution in [0.25, 0.3) is 0 Å². The van der Waals surface area contributed by atoms with Crippen molar-refractivity contribution in [3.05, 3.63) is 29.8 Å². The van der Waals surface area contributed by atoms with Crippen molar-refractivity contribution in [3.63, 3.8) is 0 Å². The summed E-state index contributed by atoms with van der Waals surface area (Å²) in [6.45, 7) is 0.475. The van der Waals surface area contributed by atoms with Crippen molar-refractivity contribution >= 4 is 5.78 Å². The Morgan fingerprint density at radius 2 is 2.08 bits per heavy atom. The largest absolute Gasteiger partial charge is 0.479 e. The number of Topliss-reactive ketones (excluding diaryl/α,β-unsaturated/α-hetero) is 1. The fourth-order valence-electron chi connectivity index (χ4n) is 1.54. The molecule has 0 bridgehead atoms. The lowest BCUT2D eigenvalue weighted by atomic mass is 10.2. The molecule has 2 aliphatic rings. The second-order valence-electron chi connectivity index (χ2n) is 3.28. The number of para-hydroxylation sites is 1. The van der Waals surface area contributed by atoms with Gasteiger partial charge in [0.1, 0.15) is 5.75 Å². The lowest BCUT2D eigenvalue weighted by Crippen LogP contribution is -2.01. The van der Waals surface area contributed by atoms with Crippen LogP contribution in [0.15, 0.2) is 24.3 Å². The molecule has 0 radical (unpaired) electrons. The summed E-state index contributed by atoms with van der Waals surface area (Å²) in [6, 6.07) is 7.65. The monoisotopic (exact) mass is 176 g/mol. The molecule has 3 rings (SSSR count). The molecule has 0 amide bonds. The second-order valence-corrected chi connectivity index (χ2v) is 3.28. The Kier molecular flexibility index (Phi) is 1.27. The van der Waals surface area contributed by atoms with Crippen LogP contribution in [-0.4, -0.2) is 18.0 Å². The van der Waals surface area contributed by atoms with Gasteiger partial charge in [0.05, 0.1) is 6.61 Å². The van der Waals surface area contributed by atoms with Crippen molar-refractivity contribution in [1.82, 2.24) is 0 Å². The molecule has 1 aromatic rings. The van der Waals surface area contributed by atoms with E-state index in [0.717, 1.165) is 11.3 Å². The van der Waals surface area contributed by atoms with E-state index in [1.807, 2.05) is 24.3 Å². The molecule has 1 fully saturated rings. The summed E-state index contributed by atoms with van der Waals surface area (Å²) < 4.78 is 10.8. The van der Waals surface area contributed by atoms with E-state index in [4.69, 9.17) is 9.47 Å². The highest BCUT2D eigenvalue weighted by atomic mass is 16.6. The van der Waals surface area contributed by atoms with Gasteiger partial charge in [-0.2, -0.15) is 0 Å². The minimum absolute atomic E-state index is 0.0644. The minimum atomic E-state index is -0.344. The summed E-state index contributed by atoms with van der Waals surface area (Å²) in [5.74, 6) is 0.843. The van der Waals surface area contributed by atoms with Gasteiger partial charge < -0.3 is 9.47 Å². The predicted molar refractivity (Wildman–Crippen MR) is 44.4 cm³/mol. The number of rotatable bonds is 0. The van der Waals surface area contributed by atoms with Gasteiger partial charge in [0.25, 0.3) is 0 Å². The van der Waals surface area contributed by atoms with Gasteiger partial charge in [0.2, 0.25) is 5.78 Å². The molecule has 3 nitrogen and oxygen atoms in total. The predicted octanol–water partition coefficient (Wildman–Crippen LogP) is 0.915. The van der Waals surface area contributed by atoms with Gasteiger partial charge in [-0.05, 0) is 6.07 Å². The topological polar surface area (TPSA) is 35.5 Å². The summed E-state index contributed by atoms with van der Waals surface area (Å²) in [6.07, 6.45) is -0.656. The van der Waals surface area contributed by atoms with E-state index in [1.54, 1.807) is 0 Å². The molecule has 1 unspecified atom stereocenters. The lowest BCUT2D eigenvalue weighted by Gasteiger charge is -2.05. The van der Waals surface area contributed by atoms with Gasteiger partial charge in [0.15, 0.2) is 12.2 Å². The van der Waals surface area contributed by atoms with Crippen LogP contribution < -0.4 is 4.74 Å². The molecular formula is C10H8O3. The number of carbonyl (C=O) groups excluding carboxylic acids is 1. The average Bonchev–Trinajstić information content (AvgIpc) is 2.80. The summed E-state index contributed by atoms with van der Waals surface area (Å²) in [4.78, 5) is 11.0. The Morgan fingerprint density at radius 3 is 3.00 bits per heavy atom. The van der Waals surface area contributed by atoms with Crippen LogP contribution in [-0.2, 0) is 16.1 Å². The number of hydrogen-bond donors (Lipinski definition) is 0. The zero-order valence-electron chi connectivity index (χ0n) is 6.90. The van der Waals surface area contributed by atoms with E-state index in [-0.39, 0.29) is 18.0 Å². The van der Waals surface area contributed by atoms with Gasteiger partial charge in [0, 0.05) is 5.56 Å². The van der Waals surface area contributed by atoms with Crippen LogP contribution in [0.3, 0.4) is 0 Å². The Balaban J connectivity index is 1.99. The van der Waals surface area contributed by atoms with Crippen LogP contribution in [0.5, 0.6) is 5.75 Å². The maximum absolute atomic E-state index is 11.0. The molecule has 0 N–H and O–H groups in total. The highest BCUT2D eigenvalue weighted by molar-refractivity contribution is 6.05. The van der Waals surface area contributed by atoms with E-state index in [0.29, 0.717) is 6.61 Å². The third kappa shape index (κ3) is 0.971. The van der Waals surface area contributed by atoms with Crippen LogP contribution in [0, 0.1) is 0 Å². The number of fused-ring (bicyclic) bond motifs is 2. The van der Waals surface area contributed by atoms with Crippen LogP contribution in [0.2, 0.25) is 0 Å². The Hall–Kier alpha value is -1.35. The van der Waals surface area contributed by atoms with Gasteiger partial charge in [-0.1, -0.05) is 18.2 Å². The summed E-state index contributed by atoms with van der Waals surface area (Å²) in [7, 11) is 0. The Bertz CT molecular complexity index is 372. The zero-order valence-corrected chi connectivity index (χ0v) is 6.90. The van der Waals surface area contributed by atoms with Crippen molar-refractivity contribution in [2.45, 2.75) is 18.8 Å². The van der Waals surface area contributed by atoms with Crippen molar-refractivity contribution in [1.29, 1.82) is 0 Å². The second kappa shape index (κ2) is 2.33. The molecule has 3 heteroatoms. The van der Waals surface area contributed by atoms with Crippen LogP contribution in [0.1, 0.15) is 5.56 Å². The third-order valence-corrected chi connectivity index (χ3v) is 2.37. The summed E-state index contributed by atoms with van der Waals surface area (Å²) >= 11 is 0. The smallest absolute Gasteiger partial charge is 0.209 e. The van der Waals surface area contributed by atoms with E-state index in [2.05, 4.69) is 0 Å². The molecular weight excluding hydrogens is 168 g/mol. The highest BCUT2D eigenvalue weighted by Crippen LogP contribution is 2.33. The number of hydrogen-bond acceptors (Lipinski definition) is 3. The average molecular weight is 176 g/mol. The first-order valence-electron chi connectivity index (χ1n) is 4.26. The van der Waals surface area contributed by atoms with Crippen LogP contribution >= 0.6 is 0 Å². The lowest BCUT2D eigenvalue weighted by molar-refractivity contribution is -0.115. The SMILES string of the molecule is O=C1C2Oc3ccccc3CO[C@@H]12. The first kappa shape index (κ1) is 7.09. The summed E-state index contributed by atoms with van der Waals surface area (Å²) in [5, 5.41) is 0. The quantitative estimate of drug-likeness (QED) is 0.589. The van der Waals surface area contributed by atoms with E-state index >= 15 is 0 Å². The first-order valence-corrected chi connectivity index (χ1v) is 4.26. The van der Waals surface area contributed by atoms with Crippen LogP contribution in [0.4, 0.5) is 0 Å². The number of ether oxygens (including phenoxy) is 2. The first-order chi connectivity index (χ1) is 6.36. The molecule has 0 aromatic heterocycles. The number of carbonyl (C=O) groups is 1. The van der Waals surface area contributed by atoms with Crippen molar-refractivity contribution in [2.24, 2.45) is 0 Å². The van der Waals surface area contributed by atoms with E-state index in [9.17, 15) is 4.79 Å². The molecule has 0 spiro atoms. The fourth-order valence-corrected chi connectivity index (χ4v) is 1.54. The highest BCUT2D eigenvalue weighted by Gasteiger charge is 2.54. The van der Waals surface area contributed by atoms with Gasteiger partial charge in [-0.3, -0.25) is 4.79 Å². The maximum atomic E-state index is 11.0. The normalized spacial score (nSPS) is 29.7. The minimum Gasteiger partial charge on any atom is -0.479 e. The summed E-state index contributed by atoms with van der Waals surface area (Å²) in [5.41, 5.74) is 1.02. The number of benzene rings is 1. The Labute approximate surface area is 75.3 Å². The van der Waals surface area contributed by atoms with Crippen molar-refractivity contribution in [3.8, 4) is 5.75 Å². The van der Waals surface area contributed by atoms with E-state index in [1.165, 1.54) is 0 Å². The van der Waals surface area contributed by atoms with Crippen molar-refractivity contribution < 1.29 is 14.3 Å². The molecule has 1 saturated carbocycles. The number of ketones is 1. The molecule has 1 aliphatic carbocycles. The standard InChI is InChI=1S/C10H8O3/c11-8-9-10(8)13-7-4-2-1-3-6(7)5-12-9/h1-4,9-10H,5H2/t9-,10?/m0/s1. The molecule has 1 heterocycles. The fraction of sp³-hybridized carbons (Fsp3) is 0.300. The molecule has 66 valence electrons. The molecule has 2 atom stereocenters. The zero-order chi connectivity index (χ0) is 8.84. The molecule has 1 aliphatic heterocycles. The molecule has 1 aromatic carbocycles.